The molecule has 1 amide bonds. The summed E-state index contributed by atoms with van der Waals surface area (Å²) in [6, 6.07) is 7.53. The normalized spacial score (nSPS) is 22.9. The Hall–Kier alpha value is -1.44. The van der Waals surface area contributed by atoms with Gasteiger partial charge in [0.15, 0.2) is 0 Å². The lowest BCUT2D eigenvalue weighted by atomic mass is 9.91. The first-order valence-corrected chi connectivity index (χ1v) is 9.73. The van der Waals surface area contributed by atoms with E-state index in [1.165, 1.54) is 6.26 Å². The van der Waals surface area contributed by atoms with E-state index in [9.17, 15) is 13.2 Å². The second-order valence-corrected chi connectivity index (χ2v) is 8.11. The van der Waals surface area contributed by atoms with Gasteiger partial charge in [0.2, 0.25) is 15.9 Å². The van der Waals surface area contributed by atoms with Crippen LogP contribution >= 0.6 is 0 Å². The molecule has 23 heavy (non-hydrogen) atoms. The van der Waals surface area contributed by atoms with E-state index < -0.39 is 15.9 Å². The van der Waals surface area contributed by atoms with Crippen LogP contribution in [0.2, 0.25) is 0 Å². The van der Waals surface area contributed by atoms with Crippen LogP contribution in [0.1, 0.15) is 35.7 Å². The number of carbonyl (C=O) groups excluding carboxylic acids is 1. The molecule has 1 aromatic rings. The van der Waals surface area contributed by atoms with Gasteiger partial charge < -0.3 is 11.1 Å². The maximum Gasteiger partial charge on any atom is 0.248 e. The van der Waals surface area contributed by atoms with Crippen molar-refractivity contribution in [3.8, 4) is 0 Å². The number of nitrogens with two attached hydrogens (primary N) is 1. The van der Waals surface area contributed by atoms with Gasteiger partial charge in [-0.1, -0.05) is 25.5 Å². The number of hydrogen-bond acceptors (Lipinski definition) is 4. The minimum atomic E-state index is -3.11. The van der Waals surface area contributed by atoms with Crippen LogP contribution in [0.5, 0.6) is 0 Å². The quantitative estimate of drug-likeness (QED) is 0.806. The molecule has 0 bridgehead atoms. The summed E-state index contributed by atoms with van der Waals surface area (Å²) in [6.45, 7) is 3.92. The van der Waals surface area contributed by atoms with Crippen molar-refractivity contribution in [1.82, 2.24) is 9.62 Å². The fourth-order valence-corrected chi connectivity index (χ4v) is 3.92. The first kappa shape index (κ1) is 17.9. The molecule has 1 heterocycles. The molecule has 1 aliphatic rings. The topological polar surface area (TPSA) is 92.5 Å². The predicted molar refractivity (Wildman–Crippen MR) is 90.4 cm³/mol. The highest BCUT2D eigenvalue weighted by molar-refractivity contribution is 7.88. The Kier molecular flexibility index (Phi) is 5.78. The van der Waals surface area contributed by atoms with Crippen LogP contribution in [0.4, 0.5) is 0 Å². The lowest BCUT2D eigenvalue weighted by molar-refractivity contribution is 0.1000. The van der Waals surface area contributed by atoms with Crippen molar-refractivity contribution >= 4 is 15.9 Å². The van der Waals surface area contributed by atoms with Gasteiger partial charge in [-0.3, -0.25) is 4.79 Å². The van der Waals surface area contributed by atoms with Crippen LogP contribution in [0.15, 0.2) is 24.3 Å². The van der Waals surface area contributed by atoms with Crippen LogP contribution in [0.25, 0.3) is 0 Å². The lowest BCUT2D eigenvalue weighted by Crippen LogP contribution is -2.50. The van der Waals surface area contributed by atoms with Gasteiger partial charge in [-0.25, -0.2) is 12.7 Å². The SMILES string of the molecule is CCC1CN(S(C)(=O)=O)CCC1NCc1ccc(C(N)=O)cc1. The van der Waals surface area contributed by atoms with Crippen LogP contribution < -0.4 is 11.1 Å². The fourth-order valence-electron chi connectivity index (χ4n) is 3.02. The Balaban J connectivity index is 1.93. The van der Waals surface area contributed by atoms with Gasteiger partial charge in [-0.05, 0) is 30.0 Å². The second kappa shape index (κ2) is 7.42. The molecule has 6 nitrogen and oxygen atoms in total. The van der Waals surface area contributed by atoms with Crippen molar-refractivity contribution in [2.24, 2.45) is 11.7 Å². The molecule has 0 aliphatic carbocycles. The highest BCUT2D eigenvalue weighted by Gasteiger charge is 2.31. The number of sulfonamides is 1. The Morgan fingerprint density at radius 3 is 2.52 bits per heavy atom. The zero-order valence-electron chi connectivity index (χ0n) is 13.7. The summed E-state index contributed by atoms with van der Waals surface area (Å²) in [4.78, 5) is 11.1. The van der Waals surface area contributed by atoms with Gasteiger partial charge in [0.25, 0.3) is 0 Å². The van der Waals surface area contributed by atoms with Crippen LogP contribution in [-0.2, 0) is 16.6 Å². The molecule has 0 spiro atoms. The molecular weight excluding hydrogens is 314 g/mol. The summed E-state index contributed by atoms with van der Waals surface area (Å²) in [5, 5.41) is 3.52. The molecule has 1 aliphatic heterocycles. The van der Waals surface area contributed by atoms with Crippen LogP contribution in [0.3, 0.4) is 0 Å². The minimum absolute atomic E-state index is 0.300. The Labute approximate surface area is 138 Å². The summed E-state index contributed by atoms with van der Waals surface area (Å²) in [7, 11) is -3.11. The maximum absolute atomic E-state index is 11.7. The predicted octanol–water partition coefficient (Wildman–Crippen LogP) is 0.935. The number of amides is 1. The number of nitrogens with zero attached hydrogens (tertiary/aromatic N) is 1. The number of primary amides is 1. The number of carbonyl (C=O) groups is 1. The molecule has 1 aromatic carbocycles. The molecule has 2 unspecified atom stereocenters. The van der Waals surface area contributed by atoms with Crippen molar-refractivity contribution in [3.63, 3.8) is 0 Å². The highest BCUT2D eigenvalue weighted by atomic mass is 32.2. The van der Waals surface area contributed by atoms with E-state index in [2.05, 4.69) is 12.2 Å². The fraction of sp³-hybridized carbons (Fsp3) is 0.562. The van der Waals surface area contributed by atoms with Crippen molar-refractivity contribution in [1.29, 1.82) is 0 Å². The van der Waals surface area contributed by atoms with Gasteiger partial charge >= 0.3 is 0 Å². The van der Waals surface area contributed by atoms with Gasteiger partial charge in [-0.2, -0.15) is 0 Å². The van der Waals surface area contributed by atoms with E-state index in [0.717, 1.165) is 18.4 Å². The first-order chi connectivity index (χ1) is 10.8. The lowest BCUT2D eigenvalue weighted by Gasteiger charge is -2.37. The number of piperidine rings is 1. The molecule has 2 rings (SSSR count). The number of nitrogens with one attached hydrogen (secondary N) is 1. The molecule has 7 heteroatoms. The third-order valence-electron chi connectivity index (χ3n) is 4.50. The van der Waals surface area contributed by atoms with Gasteiger partial charge in [0, 0.05) is 31.2 Å². The van der Waals surface area contributed by atoms with Gasteiger partial charge in [0.05, 0.1) is 6.26 Å². The van der Waals surface area contributed by atoms with Gasteiger partial charge in [0.1, 0.15) is 0 Å². The van der Waals surface area contributed by atoms with Crippen molar-refractivity contribution in [2.45, 2.75) is 32.4 Å². The van der Waals surface area contributed by atoms with E-state index in [4.69, 9.17) is 5.73 Å². The summed E-state index contributed by atoms with van der Waals surface area (Å²) in [5.74, 6) is -0.118. The average Bonchev–Trinajstić information content (AvgIpc) is 2.52. The maximum atomic E-state index is 11.7. The molecule has 128 valence electrons. The van der Waals surface area contributed by atoms with E-state index >= 15 is 0 Å². The molecule has 3 N–H and O–H groups in total. The molecule has 1 saturated heterocycles. The summed E-state index contributed by atoms with van der Waals surface area (Å²) >= 11 is 0. The number of rotatable bonds is 6. The van der Waals surface area contributed by atoms with Gasteiger partial charge in [-0.15, -0.1) is 0 Å². The Morgan fingerprint density at radius 1 is 1.35 bits per heavy atom. The van der Waals surface area contributed by atoms with E-state index in [1.54, 1.807) is 16.4 Å². The zero-order chi connectivity index (χ0) is 17.0. The Bertz CT molecular complexity index is 643. The molecule has 0 radical (unpaired) electrons. The third-order valence-corrected chi connectivity index (χ3v) is 5.77. The molecule has 0 aromatic heterocycles. The molecule has 2 atom stereocenters. The first-order valence-electron chi connectivity index (χ1n) is 7.88. The Morgan fingerprint density at radius 2 is 2.00 bits per heavy atom. The third kappa shape index (κ3) is 4.76. The van der Waals surface area contributed by atoms with Crippen LogP contribution in [-0.4, -0.2) is 44.0 Å². The van der Waals surface area contributed by atoms with Crippen molar-refractivity contribution in [2.75, 3.05) is 19.3 Å². The summed E-state index contributed by atoms with van der Waals surface area (Å²) in [6.07, 6.45) is 3.02. The van der Waals surface area contributed by atoms with E-state index in [1.807, 2.05) is 12.1 Å². The minimum Gasteiger partial charge on any atom is -0.366 e. The van der Waals surface area contributed by atoms with E-state index in [-0.39, 0.29) is 0 Å². The smallest absolute Gasteiger partial charge is 0.248 e. The number of benzene rings is 1. The second-order valence-electron chi connectivity index (χ2n) is 6.13. The monoisotopic (exact) mass is 339 g/mol. The molecule has 0 saturated carbocycles. The van der Waals surface area contributed by atoms with Crippen molar-refractivity contribution < 1.29 is 13.2 Å². The van der Waals surface area contributed by atoms with Crippen LogP contribution in [0, 0.1) is 5.92 Å². The zero-order valence-corrected chi connectivity index (χ0v) is 14.5. The summed E-state index contributed by atoms with van der Waals surface area (Å²) in [5.41, 5.74) is 6.81. The van der Waals surface area contributed by atoms with Crippen molar-refractivity contribution in [3.05, 3.63) is 35.4 Å². The largest absolute Gasteiger partial charge is 0.366 e. The molecular formula is C16H25N3O3S. The molecule has 1 fully saturated rings. The highest BCUT2D eigenvalue weighted by Crippen LogP contribution is 2.22. The standard InChI is InChI=1S/C16H25N3O3S/c1-3-13-11-19(23(2,21)22)9-8-15(13)18-10-12-4-6-14(7-5-12)16(17)20/h4-7,13,15,18H,3,8-11H2,1-2H3,(H2,17,20). The van der Waals surface area contributed by atoms with E-state index in [0.29, 0.717) is 37.2 Å². The summed E-state index contributed by atoms with van der Waals surface area (Å²) < 4.78 is 24.9. The number of hydrogen-bond donors (Lipinski definition) is 2. The average molecular weight is 339 g/mol.